The van der Waals surface area contributed by atoms with E-state index in [1.165, 1.54) is 13.2 Å². The molecule has 9 heteroatoms. The van der Waals surface area contributed by atoms with Gasteiger partial charge in [0.1, 0.15) is 16.4 Å². The van der Waals surface area contributed by atoms with E-state index in [1.54, 1.807) is 13.0 Å². The number of methoxy groups -OCH3 is 1. The number of sulfone groups is 1. The van der Waals surface area contributed by atoms with E-state index in [9.17, 15) is 13.2 Å². The SMILES string of the molecule is COC(=O)c1cc(C)c2c(c1)S(=O)(=O)Cc1cc(N3CCCNCC3)cc(Cl)c1O2. The highest BCUT2D eigenvalue weighted by Crippen LogP contribution is 2.45. The molecular weight excluding hydrogens is 428 g/mol. The molecule has 0 radical (unpaired) electrons. The van der Waals surface area contributed by atoms with Crippen molar-refractivity contribution in [3.05, 3.63) is 46.0 Å². The number of nitrogens with zero attached hydrogens (tertiary/aromatic N) is 1. The smallest absolute Gasteiger partial charge is 0.337 e. The number of hydrogen-bond acceptors (Lipinski definition) is 7. The van der Waals surface area contributed by atoms with Crippen LogP contribution in [0.1, 0.15) is 27.9 Å². The third kappa shape index (κ3) is 3.87. The second kappa shape index (κ2) is 8.09. The van der Waals surface area contributed by atoms with Crippen LogP contribution in [0.5, 0.6) is 11.5 Å². The summed E-state index contributed by atoms with van der Waals surface area (Å²) >= 11 is 6.56. The number of carbonyl (C=O) groups excluding carboxylic acids is 1. The minimum Gasteiger partial charge on any atom is -0.465 e. The van der Waals surface area contributed by atoms with E-state index >= 15 is 0 Å². The van der Waals surface area contributed by atoms with Gasteiger partial charge in [0.2, 0.25) is 0 Å². The van der Waals surface area contributed by atoms with Gasteiger partial charge in [-0.15, -0.1) is 0 Å². The molecule has 2 heterocycles. The fourth-order valence-corrected chi connectivity index (χ4v) is 5.71. The maximum atomic E-state index is 13.2. The van der Waals surface area contributed by atoms with Crippen LogP contribution in [0.4, 0.5) is 5.69 Å². The number of halogens is 1. The minimum absolute atomic E-state index is 0.0318. The summed E-state index contributed by atoms with van der Waals surface area (Å²) in [7, 11) is -2.52. The van der Waals surface area contributed by atoms with E-state index < -0.39 is 15.8 Å². The van der Waals surface area contributed by atoms with E-state index in [1.807, 2.05) is 12.1 Å². The number of rotatable bonds is 2. The van der Waals surface area contributed by atoms with Crippen molar-refractivity contribution in [2.24, 2.45) is 0 Å². The second-order valence-electron chi connectivity index (χ2n) is 7.48. The third-order valence-electron chi connectivity index (χ3n) is 5.36. The summed E-state index contributed by atoms with van der Waals surface area (Å²) in [6.45, 7) is 5.16. The first-order valence-electron chi connectivity index (χ1n) is 9.72. The number of benzene rings is 2. The average Bonchev–Trinajstić information content (AvgIpc) is 3.04. The van der Waals surface area contributed by atoms with E-state index in [4.69, 9.17) is 21.1 Å². The topological polar surface area (TPSA) is 84.9 Å². The second-order valence-corrected chi connectivity index (χ2v) is 9.84. The van der Waals surface area contributed by atoms with Crippen molar-refractivity contribution in [3.8, 4) is 11.5 Å². The molecule has 4 rings (SSSR count). The maximum Gasteiger partial charge on any atom is 0.337 e. The Morgan fingerprint density at radius 1 is 1.17 bits per heavy atom. The normalized spacial score (nSPS) is 17.8. The third-order valence-corrected chi connectivity index (χ3v) is 7.30. The van der Waals surface area contributed by atoms with Gasteiger partial charge < -0.3 is 19.7 Å². The van der Waals surface area contributed by atoms with E-state index in [0.29, 0.717) is 21.9 Å². The minimum atomic E-state index is -3.77. The molecule has 160 valence electrons. The van der Waals surface area contributed by atoms with Crippen LogP contribution in [0.25, 0.3) is 0 Å². The van der Waals surface area contributed by atoms with Crippen molar-refractivity contribution in [1.82, 2.24) is 5.32 Å². The molecule has 2 aliphatic rings. The van der Waals surface area contributed by atoms with Gasteiger partial charge >= 0.3 is 5.97 Å². The van der Waals surface area contributed by atoms with Crippen molar-refractivity contribution in [3.63, 3.8) is 0 Å². The highest BCUT2D eigenvalue weighted by molar-refractivity contribution is 7.90. The van der Waals surface area contributed by atoms with Gasteiger partial charge in [0.25, 0.3) is 0 Å². The van der Waals surface area contributed by atoms with Crippen molar-refractivity contribution in [2.45, 2.75) is 24.0 Å². The van der Waals surface area contributed by atoms with E-state index in [2.05, 4.69) is 10.2 Å². The van der Waals surface area contributed by atoms with Gasteiger partial charge in [-0.3, -0.25) is 0 Å². The first kappa shape index (κ1) is 21.0. The monoisotopic (exact) mass is 450 g/mol. The Kier molecular flexibility index (Phi) is 5.65. The molecule has 0 aromatic heterocycles. The molecule has 7 nitrogen and oxygen atoms in total. The van der Waals surface area contributed by atoms with Gasteiger partial charge in [-0.1, -0.05) is 11.6 Å². The number of ether oxygens (including phenoxy) is 2. The number of anilines is 1. The molecule has 1 fully saturated rings. The molecular formula is C21H23ClN2O5S. The number of carbonyl (C=O) groups is 1. The van der Waals surface area contributed by atoms with Crippen molar-refractivity contribution in [2.75, 3.05) is 38.2 Å². The lowest BCUT2D eigenvalue weighted by Gasteiger charge is -2.24. The molecule has 0 aliphatic carbocycles. The molecule has 30 heavy (non-hydrogen) atoms. The standard InChI is InChI=1S/C21H23ClN2O5S/c1-13-8-14(21(25)28-2)10-18-19(13)29-20-15(12-30(18,26)27)9-16(11-17(20)22)24-6-3-4-23-5-7-24/h8-11,23H,3-7,12H2,1-2H3. The van der Waals surface area contributed by atoms with Crippen LogP contribution in [0.3, 0.4) is 0 Å². The van der Waals surface area contributed by atoms with Gasteiger partial charge in [0.15, 0.2) is 9.84 Å². The summed E-state index contributed by atoms with van der Waals surface area (Å²) in [5, 5.41) is 3.71. The summed E-state index contributed by atoms with van der Waals surface area (Å²) in [4.78, 5) is 14.1. The molecule has 0 saturated carbocycles. The first-order chi connectivity index (χ1) is 14.3. The van der Waals surface area contributed by atoms with Crippen LogP contribution >= 0.6 is 11.6 Å². The Hall–Kier alpha value is -2.29. The Balaban J connectivity index is 1.81. The van der Waals surface area contributed by atoms with Gasteiger partial charge in [-0.05, 0) is 49.7 Å². The van der Waals surface area contributed by atoms with Crippen LogP contribution in [-0.2, 0) is 20.3 Å². The summed E-state index contributed by atoms with van der Waals surface area (Å²) in [5.74, 6) is -0.341. The lowest BCUT2D eigenvalue weighted by molar-refractivity contribution is 0.0600. The Bertz CT molecular complexity index is 1110. The van der Waals surface area contributed by atoms with Crippen LogP contribution in [-0.4, -0.2) is 47.7 Å². The molecule has 0 unspecified atom stereocenters. The number of fused-ring (bicyclic) bond motifs is 2. The number of hydrogen-bond donors (Lipinski definition) is 1. The Morgan fingerprint density at radius 3 is 2.73 bits per heavy atom. The van der Waals surface area contributed by atoms with Crippen LogP contribution in [0, 0.1) is 6.92 Å². The molecule has 2 aliphatic heterocycles. The Labute approximate surface area is 180 Å². The fourth-order valence-electron chi connectivity index (χ4n) is 3.87. The summed E-state index contributed by atoms with van der Waals surface area (Å²) in [6, 6.07) is 6.52. The molecule has 2 aromatic rings. The van der Waals surface area contributed by atoms with Crippen molar-refractivity contribution < 1.29 is 22.7 Å². The molecule has 1 saturated heterocycles. The van der Waals surface area contributed by atoms with E-state index in [-0.39, 0.29) is 22.0 Å². The van der Waals surface area contributed by atoms with Crippen molar-refractivity contribution >= 4 is 33.1 Å². The highest BCUT2D eigenvalue weighted by Gasteiger charge is 2.31. The molecule has 0 spiro atoms. The molecule has 0 amide bonds. The predicted octanol–water partition coefficient (Wildman–Crippen LogP) is 3.31. The van der Waals surface area contributed by atoms with Gasteiger partial charge in [-0.25, -0.2) is 13.2 Å². The van der Waals surface area contributed by atoms with E-state index in [0.717, 1.165) is 38.3 Å². The summed E-state index contributed by atoms with van der Waals surface area (Å²) < 4.78 is 37.2. The highest BCUT2D eigenvalue weighted by atomic mass is 35.5. The summed E-state index contributed by atoms with van der Waals surface area (Å²) in [5.41, 5.74) is 2.06. The van der Waals surface area contributed by atoms with Gasteiger partial charge in [-0.2, -0.15) is 0 Å². The average molecular weight is 451 g/mol. The largest absolute Gasteiger partial charge is 0.465 e. The zero-order valence-electron chi connectivity index (χ0n) is 16.8. The molecule has 1 N–H and O–H groups in total. The van der Waals surface area contributed by atoms with Gasteiger partial charge in [0, 0.05) is 30.9 Å². The fraction of sp³-hybridized carbons (Fsp3) is 0.381. The number of nitrogens with one attached hydrogen (secondary N) is 1. The molecule has 0 atom stereocenters. The lowest BCUT2D eigenvalue weighted by atomic mass is 10.1. The number of aryl methyl sites for hydroxylation is 1. The molecule has 2 aromatic carbocycles. The van der Waals surface area contributed by atoms with Crippen LogP contribution in [0.2, 0.25) is 5.02 Å². The number of esters is 1. The lowest BCUT2D eigenvalue weighted by Crippen LogP contribution is -2.27. The Morgan fingerprint density at radius 2 is 1.97 bits per heavy atom. The zero-order chi connectivity index (χ0) is 21.5. The maximum absolute atomic E-state index is 13.2. The zero-order valence-corrected chi connectivity index (χ0v) is 18.4. The molecule has 0 bridgehead atoms. The predicted molar refractivity (Wildman–Crippen MR) is 115 cm³/mol. The first-order valence-corrected chi connectivity index (χ1v) is 11.7. The van der Waals surface area contributed by atoms with Crippen LogP contribution in [0.15, 0.2) is 29.2 Å². The quantitative estimate of drug-likeness (QED) is 0.702. The van der Waals surface area contributed by atoms with Crippen LogP contribution < -0.4 is 15.0 Å². The van der Waals surface area contributed by atoms with Gasteiger partial charge in [0.05, 0.1) is 23.4 Å². The van der Waals surface area contributed by atoms with Crippen molar-refractivity contribution in [1.29, 1.82) is 0 Å². The summed E-state index contributed by atoms with van der Waals surface area (Å²) in [6.07, 6.45) is 0.991.